The zero-order valence-electron chi connectivity index (χ0n) is 19.7. The molecule has 0 aliphatic carbocycles. The smallest absolute Gasteiger partial charge is 0.287 e. The lowest BCUT2D eigenvalue weighted by Gasteiger charge is -2.29. The van der Waals surface area contributed by atoms with Gasteiger partial charge in [-0.1, -0.05) is 26.9 Å². The summed E-state index contributed by atoms with van der Waals surface area (Å²) in [4.78, 5) is 25.4. The number of aliphatic imine (C=N–C) groups is 2. The largest absolute Gasteiger partial charge is 0.452 e. The maximum atomic E-state index is 14.2. The molecule has 1 amide bonds. The second kappa shape index (κ2) is 10.1. The molecule has 12 heteroatoms. The molecule has 1 aromatic heterocycles. The number of ether oxygens (including phenoxy) is 1. The number of fused-ring (bicyclic) bond motifs is 1. The SMILES string of the molecule is CC1=NC(C2=NN(c3cccnc3)C(c3cc(Cl)cc(OC(F)(P)CF)c3)=CC2)C=C2CNC(=O)C2=N1. The fourth-order valence-electron chi connectivity index (χ4n) is 4.14. The Morgan fingerprint density at radius 2 is 2.19 bits per heavy atom. The highest BCUT2D eigenvalue weighted by Gasteiger charge is 2.31. The fourth-order valence-corrected chi connectivity index (χ4v) is 4.50. The molecule has 2 aromatic rings. The molecular formula is C25H22ClF2N6O2P. The summed E-state index contributed by atoms with van der Waals surface area (Å²) in [5.41, 5.74) is 1.20. The van der Waals surface area contributed by atoms with Crippen LogP contribution >= 0.6 is 20.8 Å². The second-order valence-electron chi connectivity index (χ2n) is 8.56. The van der Waals surface area contributed by atoms with Crippen molar-refractivity contribution in [2.24, 2.45) is 15.1 Å². The quantitative estimate of drug-likeness (QED) is 0.545. The van der Waals surface area contributed by atoms with Gasteiger partial charge >= 0.3 is 0 Å². The summed E-state index contributed by atoms with van der Waals surface area (Å²) in [6, 6.07) is 7.86. The minimum atomic E-state index is -2.57. The summed E-state index contributed by atoms with van der Waals surface area (Å²) in [5, 5.41) is 9.66. The lowest BCUT2D eigenvalue weighted by atomic mass is 10.0. The molecule has 0 spiro atoms. The van der Waals surface area contributed by atoms with E-state index in [9.17, 15) is 13.6 Å². The summed E-state index contributed by atoms with van der Waals surface area (Å²) < 4.78 is 32.4. The number of aromatic nitrogens is 1. The number of amidine groups is 1. The number of amides is 1. The van der Waals surface area contributed by atoms with Gasteiger partial charge in [-0.15, -0.1) is 0 Å². The van der Waals surface area contributed by atoms with Crippen molar-refractivity contribution >= 4 is 55.4 Å². The maximum Gasteiger partial charge on any atom is 0.287 e. The van der Waals surface area contributed by atoms with E-state index in [1.165, 1.54) is 6.07 Å². The van der Waals surface area contributed by atoms with Gasteiger partial charge in [-0.05, 0) is 43.3 Å². The Morgan fingerprint density at radius 3 is 2.95 bits per heavy atom. The molecule has 1 aromatic carbocycles. The first-order valence-electron chi connectivity index (χ1n) is 11.4. The number of nitrogens with zero attached hydrogens (tertiary/aromatic N) is 5. The second-order valence-corrected chi connectivity index (χ2v) is 9.86. The van der Waals surface area contributed by atoms with Crippen LogP contribution in [-0.4, -0.2) is 53.0 Å². The van der Waals surface area contributed by atoms with Crippen LogP contribution in [0.5, 0.6) is 5.75 Å². The van der Waals surface area contributed by atoms with Crippen molar-refractivity contribution in [3.8, 4) is 5.75 Å². The highest BCUT2D eigenvalue weighted by atomic mass is 35.5. The Bertz CT molecular complexity index is 1410. The number of halogens is 3. The van der Waals surface area contributed by atoms with E-state index in [1.807, 2.05) is 18.2 Å². The third-order valence-corrected chi connectivity index (χ3v) is 6.24. The van der Waals surface area contributed by atoms with Crippen molar-refractivity contribution in [3.05, 3.63) is 71.0 Å². The average molecular weight is 543 g/mol. The van der Waals surface area contributed by atoms with Crippen LogP contribution < -0.4 is 15.1 Å². The molecule has 3 unspecified atom stereocenters. The van der Waals surface area contributed by atoms with E-state index < -0.39 is 18.3 Å². The van der Waals surface area contributed by atoms with E-state index in [0.717, 1.165) is 11.3 Å². The Labute approximate surface area is 219 Å². The van der Waals surface area contributed by atoms with Gasteiger partial charge < -0.3 is 10.1 Å². The molecule has 8 nitrogen and oxygen atoms in total. The van der Waals surface area contributed by atoms with E-state index in [-0.39, 0.29) is 16.7 Å². The topological polar surface area (TPSA) is 91.5 Å². The summed E-state index contributed by atoms with van der Waals surface area (Å²) in [7, 11) is 1.71. The van der Waals surface area contributed by atoms with Gasteiger partial charge in [0.15, 0.2) is 6.67 Å². The van der Waals surface area contributed by atoms with Crippen LogP contribution in [0.15, 0.2) is 75.5 Å². The number of benzene rings is 1. The molecule has 4 heterocycles. The van der Waals surface area contributed by atoms with Gasteiger partial charge in [-0.3, -0.25) is 14.8 Å². The number of rotatable bonds is 6. The Kier molecular flexibility index (Phi) is 6.88. The van der Waals surface area contributed by atoms with E-state index in [1.54, 1.807) is 51.8 Å². The van der Waals surface area contributed by atoms with Crippen LogP contribution in [0.4, 0.5) is 14.5 Å². The van der Waals surface area contributed by atoms with E-state index in [0.29, 0.717) is 41.5 Å². The molecule has 3 aliphatic heterocycles. The molecule has 0 radical (unpaired) electrons. The number of nitrogens with one attached hydrogen (secondary N) is 1. The number of hydrogen-bond acceptors (Lipinski definition) is 7. The number of carbonyl (C=O) groups excluding carboxylic acids is 1. The maximum absolute atomic E-state index is 14.2. The molecular weight excluding hydrogens is 521 g/mol. The van der Waals surface area contributed by atoms with Gasteiger partial charge in [0.25, 0.3) is 11.5 Å². The van der Waals surface area contributed by atoms with Gasteiger partial charge in [0, 0.05) is 35.3 Å². The highest BCUT2D eigenvalue weighted by molar-refractivity contribution is 7.18. The molecule has 37 heavy (non-hydrogen) atoms. The Morgan fingerprint density at radius 1 is 1.35 bits per heavy atom. The van der Waals surface area contributed by atoms with Crippen LogP contribution in [0, 0.1) is 0 Å². The number of carbonyl (C=O) groups is 1. The summed E-state index contributed by atoms with van der Waals surface area (Å²) in [6.45, 7) is 0.780. The molecule has 3 atom stereocenters. The predicted molar refractivity (Wildman–Crippen MR) is 144 cm³/mol. The van der Waals surface area contributed by atoms with Crippen LogP contribution in [-0.2, 0) is 4.79 Å². The van der Waals surface area contributed by atoms with Crippen LogP contribution in [0.3, 0.4) is 0 Å². The fraction of sp³-hybridized carbons (Fsp3) is 0.240. The zero-order chi connectivity index (χ0) is 26.2. The normalized spacial score (nSPS) is 20.9. The molecule has 1 saturated heterocycles. The van der Waals surface area contributed by atoms with Gasteiger partial charge in [0.2, 0.25) is 0 Å². The van der Waals surface area contributed by atoms with Crippen molar-refractivity contribution in [2.45, 2.75) is 25.0 Å². The lowest BCUT2D eigenvalue weighted by molar-refractivity contribution is -0.113. The zero-order valence-corrected chi connectivity index (χ0v) is 21.6. The molecule has 0 bridgehead atoms. The van der Waals surface area contributed by atoms with Crippen LogP contribution in [0.25, 0.3) is 5.70 Å². The van der Waals surface area contributed by atoms with Gasteiger partial charge in [0.1, 0.15) is 23.3 Å². The monoisotopic (exact) mass is 542 g/mol. The lowest BCUT2D eigenvalue weighted by Crippen LogP contribution is -2.28. The highest BCUT2D eigenvalue weighted by Crippen LogP contribution is 2.36. The number of hydrazone groups is 1. The first-order chi connectivity index (χ1) is 17.7. The van der Waals surface area contributed by atoms with Crippen LogP contribution in [0.1, 0.15) is 18.9 Å². The first-order valence-corrected chi connectivity index (χ1v) is 12.3. The third-order valence-electron chi connectivity index (χ3n) is 5.75. The molecule has 5 rings (SSSR count). The first kappa shape index (κ1) is 25.2. The van der Waals surface area contributed by atoms with Crippen molar-refractivity contribution in [1.82, 2.24) is 10.3 Å². The summed E-state index contributed by atoms with van der Waals surface area (Å²) in [6.07, 6.45) is 7.57. The molecule has 1 fully saturated rings. The number of anilines is 1. The number of hydrogen-bond donors (Lipinski definition) is 1. The molecule has 3 aliphatic rings. The Balaban J connectivity index is 1.54. The van der Waals surface area contributed by atoms with Gasteiger partial charge in [-0.25, -0.2) is 14.4 Å². The number of alkyl halides is 2. The predicted octanol–water partition coefficient (Wildman–Crippen LogP) is 4.49. The van der Waals surface area contributed by atoms with Crippen molar-refractivity contribution in [3.63, 3.8) is 0 Å². The van der Waals surface area contributed by atoms with Crippen molar-refractivity contribution in [1.29, 1.82) is 0 Å². The molecule has 1 N–H and O–H groups in total. The average Bonchev–Trinajstić information content (AvgIpc) is 3.11. The van der Waals surface area contributed by atoms with Crippen LogP contribution in [0.2, 0.25) is 5.02 Å². The van der Waals surface area contributed by atoms with Gasteiger partial charge in [-0.2, -0.15) is 9.49 Å². The third kappa shape index (κ3) is 5.45. The van der Waals surface area contributed by atoms with E-state index >= 15 is 0 Å². The van der Waals surface area contributed by atoms with E-state index in [2.05, 4.69) is 20.3 Å². The van der Waals surface area contributed by atoms with Crippen molar-refractivity contribution < 1.29 is 18.3 Å². The minimum absolute atomic E-state index is 0.0660. The Hall–Kier alpha value is -3.49. The number of pyridine rings is 1. The summed E-state index contributed by atoms with van der Waals surface area (Å²) >= 11 is 6.31. The molecule has 190 valence electrons. The standard InChI is InChI=1S/C25H22ClF2N6O2P/c1-14-31-21(9-16-11-30-24(35)23(16)32-14)20-4-5-22(34(33-20)18-3-2-6-29-12-18)15-7-17(26)10-19(8-15)36-25(28,37)13-27/h2-3,5-10,12,21H,4,11,13,37H2,1H3,(H,30,35). The summed E-state index contributed by atoms with van der Waals surface area (Å²) in [5.74, 6) is 0.322. The van der Waals surface area contributed by atoms with Gasteiger partial charge in [0.05, 0.1) is 23.3 Å². The number of allylic oxidation sites excluding steroid dienone is 1. The van der Waals surface area contributed by atoms with E-state index in [4.69, 9.17) is 21.4 Å². The minimum Gasteiger partial charge on any atom is -0.452 e. The van der Waals surface area contributed by atoms with Crippen molar-refractivity contribution in [2.75, 3.05) is 18.2 Å². The molecule has 0 saturated carbocycles.